The number of carbonyl (C=O) groups is 2. The quantitative estimate of drug-likeness (QED) is 0.614. The summed E-state index contributed by atoms with van der Waals surface area (Å²) in [6, 6.07) is 10.6. The van der Waals surface area contributed by atoms with Crippen LogP contribution in [0.5, 0.6) is 5.75 Å². The van der Waals surface area contributed by atoms with Gasteiger partial charge in [-0.3, -0.25) is 30.6 Å². The Morgan fingerprint density at radius 3 is 2.58 bits per heavy atom. The monoisotopic (exact) mass is 377 g/mol. The van der Waals surface area contributed by atoms with Gasteiger partial charge in [0.15, 0.2) is 6.10 Å². The van der Waals surface area contributed by atoms with Crippen molar-refractivity contribution in [1.82, 2.24) is 10.9 Å². The third kappa shape index (κ3) is 4.93. The molecular weight excluding hydrogens is 362 g/mol. The molecule has 0 heterocycles. The van der Waals surface area contributed by atoms with Crippen molar-refractivity contribution in [2.45, 2.75) is 20.0 Å². The van der Waals surface area contributed by atoms with E-state index in [1.807, 2.05) is 0 Å². The standard InChI is InChI=1S/C17H16ClN3O5/c1-10-6-7-12(8-15(10)21(24)25)17(23)20-19-16(22)11(2)26-14-5-3-4-13(18)9-14/h3-9,11H,1-2H3,(H,19,22)(H,20,23)/t11-/m1/s1. The van der Waals surface area contributed by atoms with E-state index >= 15 is 0 Å². The molecule has 9 heteroatoms. The number of halogens is 1. The molecule has 0 unspecified atom stereocenters. The zero-order valence-corrected chi connectivity index (χ0v) is 14.7. The van der Waals surface area contributed by atoms with Crippen LogP contribution in [0.15, 0.2) is 42.5 Å². The fourth-order valence-corrected chi connectivity index (χ4v) is 2.22. The molecule has 0 saturated heterocycles. The third-order valence-electron chi connectivity index (χ3n) is 3.45. The summed E-state index contributed by atoms with van der Waals surface area (Å²) in [7, 11) is 0. The van der Waals surface area contributed by atoms with Gasteiger partial charge in [0.1, 0.15) is 5.75 Å². The zero-order valence-electron chi connectivity index (χ0n) is 14.0. The van der Waals surface area contributed by atoms with Gasteiger partial charge in [-0.15, -0.1) is 0 Å². The van der Waals surface area contributed by atoms with Crippen LogP contribution in [0.1, 0.15) is 22.8 Å². The minimum atomic E-state index is -0.902. The largest absolute Gasteiger partial charge is 0.481 e. The van der Waals surface area contributed by atoms with E-state index in [9.17, 15) is 19.7 Å². The lowest BCUT2D eigenvalue weighted by atomic mass is 10.1. The van der Waals surface area contributed by atoms with E-state index in [1.165, 1.54) is 19.1 Å². The zero-order chi connectivity index (χ0) is 19.3. The van der Waals surface area contributed by atoms with E-state index in [0.717, 1.165) is 6.07 Å². The van der Waals surface area contributed by atoms with Gasteiger partial charge < -0.3 is 4.74 Å². The third-order valence-corrected chi connectivity index (χ3v) is 3.68. The van der Waals surface area contributed by atoms with E-state index in [4.69, 9.17) is 16.3 Å². The number of rotatable bonds is 5. The molecule has 8 nitrogen and oxygen atoms in total. The smallest absolute Gasteiger partial charge is 0.279 e. The predicted octanol–water partition coefficient (Wildman–Crippen LogP) is 2.79. The van der Waals surface area contributed by atoms with Gasteiger partial charge >= 0.3 is 0 Å². The molecule has 0 saturated carbocycles. The minimum absolute atomic E-state index is 0.0472. The maximum absolute atomic E-state index is 12.1. The van der Waals surface area contributed by atoms with Gasteiger partial charge in [0, 0.05) is 22.2 Å². The number of hydrazine groups is 1. The van der Waals surface area contributed by atoms with Crippen molar-refractivity contribution < 1.29 is 19.2 Å². The first-order valence-corrected chi connectivity index (χ1v) is 7.93. The maximum Gasteiger partial charge on any atom is 0.279 e. The fourth-order valence-electron chi connectivity index (χ4n) is 2.04. The molecule has 0 aliphatic heterocycles. The Labute approximate surface area is 154 Å². The summed E-state index contributed by atoms with van der Waals surface area (Å²) in [4.78, 5) is 34.4. The number of ether oxygens (including phenoxy) is 1. The summed E-state index contributed by atoms with van der Waals surface area (Å²) in [6.45, 7) is 3.07. The predicted molar refractivity (Wildman–Crippen MR) is 95.0 cm³/mol. The number of hydrogen-bond donors (Lipinski definition) is 2. The van der Waals surface area contributed by atoms with Gasteiger partial charge in [-0.2, -0.15) is 0 Å². The lowest BCUT2D eigenvalue weighted by Crippen LogP contribution is -2.47. The Morgan fingerprint density at radius 2 is 1.92 bits per heavy atom. The lowest BCUT2D eigenvalue weighted by molar-refractivity contribution is -0.385. The molecule has 26 heavy (non-hydrogen) atoms. The molecule has 0 fully saturated rings. The Kier molecular flexibility index (Phi) is 6.13. The second-order valence-corrected chi connectivity index (χ2v) is 5.86. The van der Waals surface area contributed by atoms with Crippen LogP contribution >= 0.6 is 11.6 Å². The van der Waals surface area contributed by atoms with Crippen molar-refractivity contribution in [3.63, 3.8) is 0 Å². The molecular formula is C17H16ClN3O5. The van der Waals surface area contributed by atoms with Gasteiger partial charge in [-0.1, -0.05) is 23.7 Å². The summed E-state index contributed by atoms with van der Waals surface area (Å²) in [5, 5.41) is 11.4. The first-order valence-electron chi connectivity index (χ1n) is 7.55. The highest BCUT2D eigenvalue weighted by molar-refractivity contribution is 6.30. The fraction of sp³-hybridized carbons (Fsp3) is 0.176. The first kappa shape index (κ1) is 19.2. The molecule has 136 valence electrons. The van der Waals surface area contributed by atoms with Crippen molar-refractivity contribution in [3.8, 4) is 5.75 Å². The van der Waals surface area contributed by atoms with E-state index in [0.29, 0.717) is 16.3 Å². The number of carbonyl (C=O) groups excluding carboxylic acids is 2. The van der Waals surface area contributed by atoms with Crippen molar-refractivity contribution in [2.24, 2.45) is 0 Å². The van der Waals surface area contributed by atoms with Crippen molar-refractivity contribution in [1.29, 1.82) is 0 Å². The second-order valence-electron chi connectivity index (χ2n) is 5.42. The molecule has 0 aromatic heterocycles. The van der Waals surface area contributed by atoms with Crippen LogP contribution in [0.4, 0.5) is 5.69 Å². The first-order chi connectivity index (χ1) is 12.3. The normalized spacial score (nSPS) is 11.3. The van der Waals surface area contributed by atoms with E-state index in [-0.39, 0.29) is 11.3 Å². The van der Waals surface area contributed by atoms with Crippen molar-refractivity contribution in [2.75, 3.05) is 0 Å². The molecule has 2 rings (SSSR count). The molecule has 2 aromatic carbocycles. The minimum Gasteiger partial charge on any atom is -0.481 e. The van der Waals surface area contributed by atoms with E-state index in [1.54, 1.807) is 31.2 Å². The van der Waals surface area contributed by atoms with Crippen LogP contribution in [0, 0.1) is 17.0 Å². The maximum atomic E-state index is 12.1. The molecule has 0 aliphatic rings. The van der Waals surface area contributed by atoms with Gasteiger partial charge in [-0.05, 0) is 38.1 Å². The Morgan fingerprint density at radius 1 is 1.19 bits per heavy atom. The summed E-state index contributed by atoms with van der Waals surface area (Å²) in [5.74, 6) is -0.878. The van der Waals surface area contributed by atoms with Gasteiger partial charge in [0.05, 0.1) is 4.92 Å². The highest BCUT2D eigenvalue weighted by Gasteiger charge is 2.18. The van der Waals surface area contributed by atoms with Crippen LogP contribution < -0.4 is 15.6 Å². The van der Waals surface area contributed by atoms with Crippen LogP contribution in [-0.4, -0.2) is 22.8 Å². The molecule has 1 atom stereocenters. The number of amides is 2. The number of hydrogen-bond acceptors (Lipinski definition) is 5. The Bertz CT molecular complexity index is 856. The van der Waals surface area contributed by atoms with E-state index < -0.39 is 22.8 Å². The van der Waals surface area contributed by atoms with Crippen molar-refractivity contribution >= 4 is 29.1 Å². The number of nitro groups is 1. The van der Waals surface area contributed by atoms with E-state index in [2.05, 4.69) is 10.9 Å². The molecule has 0 bridgehead atoms. The topological polar surface area (TPSA) is 111 Å². The molecule has 2 amide bonds. The molecule has 2 N–H and O–H groups in total. The SMILES string of the molecule is Cc1ccc(C(=O)NNC(=O)[C@@H](C)Oc2cccc(Cl)c2)cc1[N+](=O)[O-]. The summed E-state index contributed by atoms with van der Waals surface area (Å²) >= 11 is 5.84. The number of nitrogens with zero attached hydrogens (tertiary/aromatic N) is 1. The summed E-state index contributed by atoms with van der Waals surface area (Å²) in [6.07, 6.45) is -0.902. The van der Waals surface area contributed by atoms with Gasteiger partial charge in [-0.25, -0.2) is 0 Å². The molecule has 2 aromatic rings. The number of nitro benzene ring substituents is 1. The second kappa shape index (κ2) is 8.30. The highest BCUT2D eigenvalue weighted by atomic mass is 35.5. The van der Waals surface area contributed by atoms with Gasteiger partial charge in [0.25, 0.3) is 17.5 Å². The van der Waals surface area contributed by atoms with Gasteiger partial charge in [0.2, 0.25) is 0 Å². The Hall–Kier alpha value is -3.13. The number of benzene rings is 2. The Balaban J connectivity index is 1.95. The van der Waals surface area contributed by atoms with Crippen LogP contribution in [0.2, 0.25) is 5.02 Å². The van der Waals surface area contributed by atoms with Crippen molar-refractivity contribution in [3.05, 3.63) is 68.7 Å². The molecule has 0 aliphatic carbocycles. The molecule has 0 spiro atoms. The van der Waals surface area contributed by atoms with Crippen LogP contribution in [0.25, 0.3) is 0 Å². The van der Waals surface area contributed by atoms with Crippen LogP contribution in [-0.2, 0) is 4.79 Å². The molecule has 0 radical (unpaired) electrons. The average Bonchev–Trinajstić information content (AvgIpc) is 2.59. The summed E-state index contributed by atoms with van der Waals surface area (Å²) in [5.41, 5.74) is 4.71. The number of aryl methyl sites for hydroxylation is 1. The average molecular weight is 378 g/mol. The van der Waals surface area contributed by atoms with Crippen LogP contribution in [0.3, 0.4) is 0 Å². The summed E-state index contributed by atoms with van der Waals surface area (Å²) < 4.78 is 5.42. The highest BCUT2D eigenvalue weighted by Crippen LogP contribution is 2.19. The lowest BCUT2D eigenvalue weighted by Gasteiger charge is -2.15. The number of nitrogens with one attached hydrogen (secondary N) is 2.